The molecule has 1 heterocycles. The zero-order valence-electron chi connectivity index (χ0n) is 19.3. The number of carboxylic acid groups (broad SMARTS) is 1. The third-order valence-corrected chi connectivity index (χ3v) is 6.58. The minimum atomic E-state index is -1.22. The van der Waals surface area contributed by atoms with Gasteiger partial charge in [0.2, 0.25) is 0 Å². The molecule has 6 nitrogen and oxygen atoms in total. The van der Waals surface area contributed by atoms with Crippen molar-refractivity contribution >= 4 is 23.6 Å². The number of methoxy groups -OCH3 is 1. The Hall–Kier alpha value is -2.39. The van der Waals surface area contributed by atoms with Gasteiger partial charge in [0, 0.05) is 59.4 Å². The molecular formula is C26H28ClF2NO5. The van der Waals surface area contributed by atoms with Crippen molar-refractivity contribution in [1.29, 1.82) is 0 Å². The number of aliphatic hydroxyl groups excluding tert-OH is 2. The maximum atomic E-state index is 15.2. The number of hydrogen-bond donors (Lipinski definition) is 3. The van der Waals surface area contributed by atoms with E-state index in [4.69, 9.17) is 26.4 Å². The van der Waals surface area contributed by atoms with Crippen LogP contribution in [0.15, 0.2) is 18.2 Å². The molecule has 2 aliphatic rings. The summed E-state index contributed by atoms with van der Waals surface area (Å²) < 4.78 is 34.6. The SMILES string of the molecule is COCc1c(C2CC2)nc(C2CC2)c(/C=C/[C@@H](O)C[C@@H](O)CC(=O)O)c1-c1c(F)cc(F)cc1Cl. The normalized spacial score (nSPS) is 17.7. The molecule has 0 amide bonds. The van der Waals surface area contributed by atoms with E-state index in [1.807, 2.05) is 0 Å². The number of aromatic nitrogens is 1. The quantitative estimate of drug-likeness (QED) is 0.387. The summed E-state index contributed by atoms with van der Waals surface area (Å²) in [6, 6.07) is 1.85. The van der Waals surface area contributed by atoms with Crippen LogP contribution in [0.25, 0.3) is 17.2 Å². The number of ether oxygens (including phenoxy) is 1. The van der Waals surface area contributed by atoms with Crippen LogP contribution in [0.3, 0.4) is 0 Å². The second-order valence-corrected chi connectivity index (χ2v) is 9.70. The van der Waals surface area contributed by atoms with Crippen LogP contribution in [-0.4, -0.2) is 45.6 Å². The summed E-state index contributed by atoms with van der Waals surface area (Å²) in [6.07, 6.45) is 3.76. The van der Waals surface area contributed by atoms with Gasteiger partial charge in [0.25, 0.3) is 0 Å². The number of halogens is 3. The molecule has 0 saturated heterocycles. The van der Waals surface area contributed by atoms with Gasteiger partial charge in [-0.1, -0.05) is 23.8 Å². The van der Waals surface area contributed by atoms with Gasteiger partial charge in [0.15, 0.2) is 0 Å². The van der Waals surface area contributed by atoms with Crippen molar-refractivity contribution in [2.75, 3.05) is 7.11 Å². The molecule has 2 aliphatic carbocycles. The number of hydrogen-bond acceptors (Lipinski definition) is 5. The Bertz CT molecular complexity index is 1120. The second-order valence-electron chi connectivity index (χ2n) is 9.29. The van der Waals surface area contributed by atoms with E-state index in [0.717, 1.165) is 49.2 Å². The standard InChI is InChI=1S/C26H28ClF2NO5/c1-35-12-19-23(24-20(27)8-15(28)9-21(24)29)18(7-6-16(31)10-17(32)11-22(33)34)25(13-2-3-13)30-26(19)14-4-5-14/h6-9,13-14,16-17,31-32H,2-5,10-12H2,1H3,(H,33,34)/b7-6+/t16-,17-/m1/s1. The molecule has 2 atom stereocenters. The van der Waals surface area contributed by atoms with E-state index in [0.29, 0.717) is 16.7 Å². The van der Waals surface area contributed by atoms with Crippen LogP contribution in [0.5, 0.6) is 0 Å². The van der Waals surface area contributed by atoms with Crippen LogP contribution >= 0.6 is 11.6 Å². The number of nitrogens with zero attached hydrogens (tertiary/aromatic N) is 1. The highest BCUT2D eigenvalue weighted by atomic mass is 35.5. The Kier molecular flexibility index (Phi) is 7.86. The first-order valence-corrected chi connectivity index (χ1v) is 12.0. The predicted octanol–water partition coefficient (Wildman–Crippen LogP) is 5.18. The zero-order valence-corrected chi connectivity index (χ0v) is 20.1. The van der Waals surface area contributed by atoms with Crippen molar-refractivity contribution in [2.45, 2.75) is 69.2 Å². The molecule has 1 aromatic heterocycles. The molecule has 3 N–H and O–H groups in total. The number of carbonyl (C=O) groups is 1. The third-order valence-electron chi connectivity index (χ3n) is 6.28. The largest absolute Gasteiger partial charge is 0.481 e. The number of carboxylic acids is 1. The Balaban J connectivity index is 1.88. The van der Waals surface area contributed by atoms with Gasteiger partial charge in [-0.05, 0) is 31.7 Å². The molecule has 1 aromatic carbocycles. The van der Waals surface area contributed by atoms with Crippen molar-refractivity contribution in [3.05, 3.63) is 57.4 Å². The Morgan fingerprint density at radius 2 is 1.83 bits per heavy atom. The number of benzene rings is 1. The van der Waals surface area contributed by atoms with Gasteiger partial charge >= 0.3 is 5.97 Å². The van der Waals surface area contributed by atoms with E-state index >= 15 is 4.39 Å². The molecular weight excluding hydrogens is 480 g/mol. The highest BCUT2D eigenvalue weighted by Crippen LogP contribution is 2.50. The lowest BCUT2D eigenvalue weighted by Gasteiger charge is -2.22. The maximum Gasteiger partial charge on any atom is 0.305 e. The number of pyridine rings is 1. The summed E-state index contributed by atoms with van der Waals surface area (Å²) in [5, 5.41) is 29.1. The highest BCUT2D eigenvalue weighted by molar-refractivity contribution is 6.33. The van der Waals surface area contributed by atoms with Gasteiger partial charge < -0.3 is 20.1 Å². The minimum absolute atomic E-state index is 0.0476. The van der Waals surface area contributed by atoms with Gasteiger partial charge in [-0.2, -0.15) is 0 Å². The van der Waals surface area contributed by atoms with Crippen LogP contribution in [0.2, 0.25) is 5.02 Å². The summed E-state index contributed by atoms with van der Waals surface area (Å²) in [4.78, 5) is 15.8. The lowest BCUT2D eigenvalue weighted by molar-refractivity contribution is -0.139. The van der Waals surface area contributed by atoms with Crippen LogP contribution < -0.4 is 0 Å². The minimum Gasteiger partial charge on any atom is -0.481 e. The van der Waals surface area contributed by atoms with Gasteiger partial charge in [0.1, 0.15) is 11.6 Å². The number of aliphatic hydroxyl groups is 2. The van der Waals surface area contributed by atoms with E-state index < -0.39 is 36.2 Å². The molecule has 35 heavy (non-hydrogen) atoms. The van der Waals surface area contributed by atoms with Crippen molar-refractivity contribution in [3.8, 4) is 11.1 Å². The molecule has 188 valence electrons. The van der Waals surface area contributed by atoms with Crippen LogP contribution in [0.1, 0.15) is 72.9 Å². The van der Waals surface area contributed by atoms with Crippen LogP contribution in [0.4, 0.5) is 8.78 Å². The Labute approximate surface area is 207 Å². The van der Waals surface area contributed by atoms with Crippen molar-refractivity contribution in [2.24, 2.45) is 0 Å². The van der Waals surface area contributed by atoms with Gasteiger partial charge in [-0.3, -0.25) is 9.78 Å². The lowest BCUT2D eigenvalue weighted by atomic mass is 9.89. The summed E-state index contributed by atoms with van der Waals surface area (Å²) in [5.74, 6) is -2.37. The lowest BCUT2D eigenvalue weighted by Crippen LogP contribution is -2.19. The summed E-state index contributed by atoms with van der Waals surface area (Å²) in [5.41, 5.74) is 3.33. The molecule has 0 aliphatic heterocycles. The smallest absolute Gasteiger partial charge is 0.305 e. The zero-order chi connectivity index (χ0) is 25.3. The van der Waals surface area contributed by atoms with E-state index in [1.54, 1.807) is 6.08 Å². The molecule has 4 rings (SSSR count). The molecule has 0 unspecified atom stereocenters. The first-order chi connectivity index (χ1) is 16.7. The molecule has 2 saturated carbocycles. The fourth-order valence-electron chi connectivity index (χ4n) is 4.41. The molecule has 0 spiro atoms. The van der Waals surface area contributed by atoms with Gasteiger partial charge in [0.05, 0.1) is 36.0 Å². The molecule has 2 fully saturated rings. The third kappa shape index (κ3) is 6.06. The summed E-state index contributed by atoms with van der Waals surface area (Å²) in [6.45, 7) is 0.146. The Morgan fingerprint density at radius 1 is 1.17 bits per heavy atom. The molecule has 9 heteroatoms. The first-order valence-electron chi connectivity index (χ1n) is 11.7. The fourth-order valence-corrected chi connectivity index (χ4v) is 4.70. The summed E-state index contributed by atoms with van der Waals surface area (Å²) >= 11 is 6.39. The maximum absolute atomic E-state index is 15.2. The van der Waals surface area contributed by atoms with E-state index in [2.05, 4.69) is 0 Å². The molecule has 0 radical (unpaired) electrons. The van der Waals surface area contributed by atoms with Crippen molar-refractivity contribution < 1.29 is 33.6 Å². The predicted molar refractivity (Wildman–Crippen MR) is 127 cm³/mol. The van der Waals surface area contributed by atoms with Gasteiger partial charge in [-0.15, -0.1) is 0 Å². The fraction of sp³-hybridized carbons (Fsp3) is 0.462. The number of rotatable bonds is 11. The monoisotopic (exact) mass is 507 g/mol. The van der Waals surface area contributed by atoms with Gasteiger partial charge in [-0.25, -0.2) is 8.78 Å². The van der Waals surface area contributed by atoms with Crippen molar-refractivity contribution in [1.82, 2.24) is 4.98 Å². The molecule has 0 bridgehead atoms. The average Bonchev–Trinajstić information content (AvgIpc) is 3.66. The summed E-state index contributed by atoms with van der Waals surface area (Å²) in [7, 11) is 1.53. The van der Waals surface area contributed by atoms with Crippen molar-refractivity contribution in [3.63, 3.8) is 0 Å². The number of aliphatic carboxylic acids is 1. The van der Waals surface area contributed by atoms with Crippen LogP contribution in [0, 0.1) is 11.6 Å². The van der Waals surface area contributed by atoms with E-state index in [-0.39, 0.29) is 35.4 Å². The average molecular weight is 508 g/mol. The topological polar surface area (TPSA) is 99.9 Å². The first kappa shape index (κ1) is 25.7. The Morgan fingerprint density at radius 3 is 2.40 bits per heavy atom. The van der Waals surface area contributed by atoms with E-state index in [9.17, 15) is 19.4 Å². The van der Waals surface area contributed by atoms with Crippen LogP contribution in [-0.2, 0) is 16.1 Å². The second kappa shape index (κ2) is 10.7. The molecule has 2 aromatic rings. The highest BCUT2D eigenvalue weighted by Gasteiger charge is 2.36. The van der Waals surface area contributed by atoms with E-state index in [1.165, 1.54) is 13.2 Å².